The molecule has 0 spiro atoms. The molecule has 0 aliphatic carbocycles. The van der Waals surface area contributed by atoms with Gasteiger partial charge in [0.15, 0.2) is 0 Å². The first-order valence-corrected chi connectivity index (χ1v) is 5.04. The summed E-state index contributed by atoms with van der Waals surface area (Å²) in [6.07, 6.45) is 2.58. The van der Waals surface area contributed by atoms with E-state index in [0.717, 1.165) is 12.0 Å². The molecule has 1 amide bonds. The Morgan fingerprint density at radius 3 is 2.67 bits per heavy atom. The number of benzene rings is 1. The van der Waals surface area contributed by atoms with Crippen molar-refractivity contribution in [2.75, 3.05) is 6.54 Å². The zero-order valence-electron chi connectivity index (χ0n) is 8.86. The fraction of sp³-hybridized carbons (Fsp3) is 0.250. The van der Waals surface area contributed by atoms with Gasteiger partial charge in [0.25, 0.3) is 5.91 Å². The number of nitrogens with one attached hydrogen (secondary N) is 1. The number of rotatable bonds is 4. The highest BCUT2D eigenvalue weighted by Crippen LogP contribution is 2.02. The minimum absolute atomic E-state index is 0.208. The van der Waals surface area contributed by atoms with E-state index < -0.39 is 0 Å². The lowest BCUT2D eigenvalue weighted by molar-refractivity contribution is -0.117. The van der Waals surface area contributed by atoms with Crippen molar-refractivity contribution in [3.63, 3.8) is 0 Å². The van der Waals surface area contributed by atoms with E-state index in [1.54, 1.807) is 6.08 Å². The van der Waals surface area contributed by atoms with Crippen LogP contribution in [0.4, 0.5) is 0 Å². The summed E-state index contributed by atoms with van der Waals surface area (Å²) >= 11 is 0. The molecule has 15 heavy (non-hydrogen) atoms. The number of hydrogen-bond acceptors (Lipinski definition) is 2. The average Bonchev–Trinajstić information content (AvgIpc) is 2.27. The van der Waals surface area contributed by atoms with Crippen LogP contribution >= 0.6 is 0 Å². The van der Waals surface area contributed by atoms with Crippen LogP contribution in [-0.4, -0.2) is 12.5 Å². The molecule has 0 aliphatic heterocycles. The molecule has 1 aromatic rings. The van der Waals surface area contributed by atoms with E-state index in [4.69, 9.17) is 5.73 Å². The van der Waals surface area contributed by atoms with Gasteiger partial charge in [-0.05, 0) is 18.1 Å². The van der Waals surface area contributed by atoms with Crippen LogP contribution in [0.25, 0.3) is 6.08 Å². The molecule has 3 nitrogen and oxygen atoms in total. The standard InChI is InChI=1S/C12H16N2O/c1-2-8-14-12(15)11(13)9-10-6-4-3-5-7-10/h3-7,9H,2,8,13H2,1H3,(H,14,15). The van der Waals surface area contributed by atoms with Gasteiger partial charge in [-0.15, -0.1) is 0 Å². The Kier molecular flexibility index (Phi) is 4.41. The van der Waals surface area contributed by atoms with Gasteiger partial charge in [0.05, 0.1) is 5.70 Å². The molecule has 0 radical (unpaired) electrons. The van der Waals surface area contributed by atoms with E-state index >= 15 is 0 Å². The molecule has 1 rings (SSSR count). The normalized spacial score (nSPS) is 11.1. The van der Waals surface area contributed by atoms with Gasteiger partial charge in [0.2, 0.25) is 0 Å². The zero-order valence-corrected chi connectivity index (χ0v) is 8.86. The van der Waals surface area contributed by atoms with Crippen LogP contribution < -0.4 is 11.1 Å². The van der Waals surface area contributed by atoms with Crippen LogP contribution in [0.5, 0.6) is 0 Å². The average molecular weight is 204 g/mol. The fourth-order valence-corrected chi connectivity index (χ4v) is 1.13. The van der Waals surface area contributed by atoms with Crippen molar-refractivity contribution in [1.82, 2.24) is 5.32 Å². The fourth-order valence-electron chi connectivity index (χ4n) is 1.13. The third-order valence-electron chi connectivity index (χ3n) is 1.92. The molecule has 0 saturated heterocycles. The van der Waals surface area contributed by atoms with Crippen molar-refractivity contribution in [2.45, 2.75) is 13.3 Å². The predicted octanol–water partition coefficient (Wildman–Crippen LogP) is 1.51. The summed E-state index contributed by atoms with van der Waals surface area (Å²) in [7, 11) is 0. The number of nitrogens with two attached hydrogens (primary N) is 1. The maximum Gasteiger partial charge on any atom is 0.267 e. The first kappa shape index (κ1) is 11.3. The van der Waals surface area contributed by atoms with Gasteiger partial charge >= 0.3 is 0 Å². The molecule has 1 aromatic carbocycles. The van der Waals surface area contributed by atoms with Crippen molar-refractivity contribution in [2.24, 2.45) is 5.73 Å². The molecular formula is C12H16N2O. The maximum atomic E-state index is 11.4. The number of carbonyl (C=O) groups excluding carboxylic acids is 1. The zero-order chi connectivity index (χ0) is 11.1. The Morgan fingerprint density at radius 2 is 2.07 bits per heavy atom. The lowest BCUT2D eigenvalue weighted by Gasteiger charge is -2.03. The second-order valence-electron chi connectivity index (χ2n) is 3.27. The third kappa shape index (κ3) is 3.85. The summed E-state index contributed by atoms with van der Waals surface area (Å²) in [6.45, 7) is 2.65. The van der Waals surface area contributed by atoms with E-state index in [-0.39, 0.29) is 11.6 Å². The molecular weight excluding hydrogens is 188 g/mol. The highest BCUT2D eigenvalue weighted by Gasteiger charge is 2.02. The minimum Gasteiger partial charge on any atom is -0.394 e. The van der Waals surface area contributed by atoms with Crippen molar-refractivity contribution in [3.8, 4) is 0 Å². The van der Waals surface area contributed by atoms with Gasteiger partial charge in [-0.2, -0.15) is 0 Å². The van der Waals surface area contributed by atoms with Gasteiger partial charge in [0, 0.05) is 6.54 Å². The van der Waals surface area contributed by atoms with Gasteiger partial charge in [-0.25, -0.2) is 0 Å². The van der Waals surface area contributed by atoms with Gasteiger partial charge in [0.1, 0.15) is 0 Å². The van der Waals surface area contributed by atoms with Crippen LogP contribution in [0.2, 0.25) is 0 Å². The highest BCUT2D eigenvalue weighted by atomic mass is 16.1. The molecule has 0 unspecified atom stereocenters. The quantitative estimate of drug-likeness (QED) is 0.730. The van der Waals surface area contributed by atoms with Gasteiger partial charge in [-0.3, -0.25) is 4.79 Å². The summed E-state index contributed by atoms with van der Waals surface area (Å²) in [5.74, 6) is -0.208. The largest absolute Gasteiger partial charge is 0.394 e. The Hall–Kier alpha value is -1.77. The van der Waals surface area contributed by atoms with Gasteiger partial charge < -0.3 is 11.1 Å². The predicted molar refractivity (Wildman–Crippen MR) is 61.9 cm³/mol. The van der Waals surface area contributed by atoms with E-state index in [1.165, 1.54) is 0 Å². The molecule has 0 aromatic heterocycles. The summed E-state index contributed by atoms with van der Waals surface area (Å²) in [5.41, 5.74) is 6.82. The Morgan fingerprint density at radius 1 is 1.40 bits per heavy atom. The topological polar surface area (TPSA) is 55.1 Å². The van der Waals surface area contributed by atoms with E-state index in [1.807, 2.05) is 37.3 Å². The SMILES string of the molecule is CCCNC(=O)C(N)=Cc1ccccc1. The Labute approximate surface area is 90.0 Å². The van der Waals surface area contributed by atoms with Crippen LogP contribution in [0.3, 0.4) is 0 Å². The van der Waals surface area contributed by atoms with Gasteiger partial charge in [-0.1, -0.05) is 37.3 Å². The molecule has 0 atom stereocenters. The van der Waals surface area contributed by atoms with Crippen molar-refractivity contribution in [3.05, 3.63) is 41.6 Å². The molecule has 0 heterocycles. The van der Waals surface area contributed by atoms with Crippen molar-refractivity contribution < 1.29 is 4.79 Å². The molecule has 0 bridgehead atoms. The lowest BCUT2D eigenvalue weighted by Crippen LogP contribution is -2.28. The monoisotopic (exact) mass is 204 g/mol. The first-order chi connectivity index (χ1) is 7.24. The summed E-state index contributed by atoms with van der Waals surface area (Å²) in [5, 5.41) is 2.72. The molecule has 0 aliphatic rings. The van der Waals surface area contributed by atoms with Crippen LogP contribution in [0, 0.1) is 0 Å². The van der Waals surface area contributed by atoms with Crippen LogP contribution in [0.1, 0.15) is 18.9 Å². The van der Waals surface area contributed by atoms with E-state index in [2.05, 4.69) is 5.32 Å². The number of carbonyl (C=O) groups is 1. The summed E-state index contributed by atoms with van der Waals surface area (Å²) in [6, 6.07) is 9.54. The van der Waals surface area contributed by atoms with Crippen LogP contribution in [-0.2, 0) is 4.79 Å². The van der Waals surface area contributed by atoms with E-state index in [0.29, 0.717) is 6.54 Å². The number of amides is 1. The minimum atomic E-state index is -0.208. The molecule has 3 heteroatoms. The molecule has 0 saturated carbocycles. The maximum absolute atomic E-state index is 11.4. The summed E-state index contributed by atoms with van der Waals surface area (Å²) in [4.78, 5) is 11.4. The second-order valence-corrected chi connectivity index (χ2v) is 3.27. The third-order valence-corrected chi connectivity index (χ3v) is 1.92. The Balaban J connectivity index is 2.63. The lowest BCUT2D eigenvalue weighted by atomic mass is 10.2. The first-order valence-electron chi connectivity index (χ1n) is 5.04. The highest BCUT2D eigenvalue weighted by molar-refractivity contribution is 5.96. The summed E-state index contributed by atoms with van der Waals surface area (Å²) < 4.78 is 0. The Bertz CT molecular complexity index is 344. The van der Waals surface area contributed by atoms with Crippen LogP contribution in [0.15, 0.2) is 36.0 Å². The molecule has 0 fully saturated rings. The van der Waals surface area contributed by atoms with Crippen molar-refractivity contribution >= 4 is 12.0 Å². The second kappa shape index (κ2) is 5.86. The van der Waals surface area contributed by atoms with E-state index in [9.17, 15) is 4.79 Å². The molecule has 3 N–H and O–H groups in total. The molecule has 80 valence electrons. The van der Waals surface area contributed by atoms with Crippen molar-refractivity contribution in [1.29, 1.82) is 0 Å². The number of hydrogen-bond donors (Lipinski definition) is 2. The smallest absolute Gasteiger partial charge is 0.267 e.